The molecule has 0 saturated carbocycles. The van der Waals surface area contributed by atoms with Crippen molar-refractivity contribution in [1.82, 2.24) is 0 Å². The molecule has 18 heavy (non-hydrogen) atoms. The van der Waals surface area contributed by atoms with Crippen molar-refractivity contribution < 1.29 is 14.8 Å². The van der Waals surface area contributed by atoms with Crippen LogP contribution in [0.2, 0.25) is 0 Å². The predicted molar refractivity (Wildman–Crippen MR) is 66.1 cm³/mol. The largest absolute Gasteiger partial charge is 0.502 e. The van der Waals surface area contributed by atoms with E-state index >= 15 is 0 Å². The number of hydrogen-bond acceptors (Lipinski definition) is 4. The SMILES string of the molecule is CC1Cc2c([N+](=O)[O-])c(O)c3ccccc3c2O1. The third-order valence-electron chi connectivity index (χ3n) is 3.20. The van der Waals surface area contributed by atoms with Crippen molar-refractivity contribution in [2.75, 3.05) is 0 Å². The standard InChI is InChI=1S/C13H11NO4/c1-7-6-10-11(14(16)17)12(15)8-4-2-3-5-9(8)13(10)18-7/h2-5,7,15H,6H2,1H3. The molecule has 5 heteroatoms. The number of fused-ring (bicyclic) bond motifs is 3. The summed E-state index contributed by atoms with van der Waals surface area (Å²) < 4.78 is 5.65. The van der Waals surface area contributed by atoms with Crippen LogP contribution in [0.4, 0.5) is 5.69 Å². The normalized spacial score (nSPS) is 17.5. The number of phenols is 1. The van der Waals surface area contributed by atoms with Crippen LogP contribution in [0.5, 0.6) is 11.5 Å². The molecule has 0 amide bonds. The Morgan fingerprint density at radius 1 is 1.39 bits per heavy atom. The molecule has 92 valence electrons. The van der Waals surface area contributed by atoms with Gasteiger partial charge in [-0.1, -0.05) is 24.3 Å². The number of nitrogens with zero attached hydrogens (tertiary/aromatic N) is 1. The van der Waals surface area contributed by atoms with Crippen LogP contribution >= 0.6 is 0 Å². The molecule has 3 rings (SSSR count). The van der Waals surface area contributed by atoms with Crippen molar-refractivity contribution in [1.29, 1.82) is 0 Å². The van der Waals surface area contributed by atoms with Gasteiger partial charge in [0.2, 0.25) is 5.75 Å². The number of benzene rings is 2. The fraction of sp³-hybridized carbons (Fsp3) is 0.231. The smallest absolute Gasteiger partial charge is 0.318 e. The predicted octanol–water partition coefficient (Wildman–Crippen LogP) is 2.78. The highest BCUT2D eigenvalue weighted by atomic mass is 16.6. The molecule has 1 aliphatic heterocycles. The van der Waals surface area contributed by atoms with Gasteiger partial charge in [0.05, 0.1) is 10.5 Å². The van der Waals surface area contributed by atoms with Gasteiger partial charge in [-0.15, -0.1) is 0 Å². The van der Waals surface area contributed by atoms with E-state index in [1.807, 2.05) is 13.0 Å². The molecular formula is C13H11NO4. The Hall–Kier alpha value is -2.30. The number of phenolic OH excluding ortho intramolecular Hbond substituents is 1. The van der Waals surface area contributed by atoms with Crippen molar-refractivity contribution in [2.24, 2.45) is 0 Å². The summed E-state index contributed by atoms with van der Waals surface area (Å²) in [7, 11) is 0. The summed E-state index contributed by atoms with van der Waals surface area (Å²) in [6.07, 6.45) is 0.341. The third kappa shape index (κ3) is 1.33. The molecule has 1 aliphatic rings. The Morgan fingerprint density at radius 2 is 2.06 bits per heavy atom. The van der Waals surface area contributed by atoms with E-state index in [0.717, 1.165) is 5.39 Å². The Kier molecular flexibility index (Phi) is 2.16. The first kappa shape index (κ1) is 10.8. The Morgan fingerprint density at radius 3 is 2.72 bits per heavy atom. The van der Waals surface area contributed by atoms with Crippen LogP contribution in [-0.2, 0) is 6.42 Å². The number of aromatic hydroxyl groups is 1. The fourth-order valence-corrected chi connectivity index (χ4v) is 2.48. The number of nitro groups is 1. The van der Waals surface area contributed by atoms with Crippen molar-refractivity contribution in [3.8, 4) is 11.5 Å². The average molecular weight is 245 g/mol. The van der Waals surface area contributed by atoms with E-state index in [1.54, 1.807) is 18.2 Å². The zero-order chi connectivity index (χ0) is 12.9. The van der Waals surface area contributed by atoms with Gasteiger partial charge in [0.1, 0.15) is 11.9 Å². The lowest BCUT2D eigenvalue weighted by molar-refractivity contribution is -0.386. The highest BCUT2D eigenvalue weighted by Gasteiger charge is 2.33. The highest BCUT2D eigenvalue weighted by Crippen LogP contribution is 2.48. The van der Waals surface area contributed by atoms with Crippen LogP contribution in [0.1, 0.15) is 12.5 Å². The lowest BCUT2D eigenvalue weighted by atomic mass is 10.0. The molecule has 0 fully saturated rings. The van der Waals surface area contributed by atoms with Crippen molar-refractivity contribution in [3.63, 3.8) is 0 Å². The van der Waals surface area contributed by atoms with Gasteiger partial charge >= 0.3 is 5.69 Å². The first-order valence-corrected chi connectivity index (χ1v) is 5.67. The van der Waals surface area contributed by atoms with Crippen molar-refractivity contribution >= 4 is 16.5 Å². The summed E-state index contributed by atoms with van der Waals surface area (Å²) in [5, 5.41) is 22.4. The van der Waals surface area contributed by atoms with E-state index in [4.69, 9.17) is 4.74 Å². The summed E-state index contributed by atoms with van der Waals surface area (Å²) in [6.45, 7) is 1.86. The zero-order valence-electron chi connectivity index (χ0n) is 9.71. The van der Waals surface area contributed by atoms with Crippen molar-refractivity contribution in [3.05, 3.63) is 39.9 Å². The van der Waals surface area contributed by atoms with E-state index in [2.05, 4.69) is 0 Å². The van der Waals surface area contributed by atoms with E-state index in [0.29, 0.717) is 23.1 Å². The highest BCUT2D eigenvalue weighted by molar-refractivity contribution is 5.98. The summed E-state index contributed by atoms with van der Waals surface area (Å²) in [6, 6.07) is 7.01. The Bertz CT molecular complexity index is 666. The molecule has 1 N–H and O–H groups in total. The van der Waals surface area contributed by atoms with E-state index < -0.39 is 4.92 Å². The zero-order valence-corrected chi connectivity index (χ0v) is 9.71. The van der Waals surface area contributed by atoms with Gasteiger partial charge in [0.25, 0.3) is 0 Å². The van der Waals surface area contributed by atoms with Crippen LogP contribution in [0, 0.1) is 10.1 Å². The first-order chi connectivity index (χ1) is 8.59. The summed E-state index contributed by atoms with van der Waals surface area (Å²) in [5.74, 6) is 0.259. The van der Waals surface area contributed by atoms with Crippen LogP contribution in [0.3, 0.4) is 0 Å². The van der Waals surface area contributed by atoms with Crippen LogP contribution in [0.25, 0.3) is 10.8 Å². The maximum atomic E-state index is 11.1. The Labute approximate surface area is 103 Å². The number of hydrogen-bond donors (Lipinski definition) is 1. The second kappa shape index (κ2) is 3.60. The molecule has 0 radical (unpaired) electrons. The number of ether oxygens (including phenoxy) is 1. The van der Waals surface area contributed by atoms with Crippen LogP contribution in [0.15, 0.2) is 24.3 Å². The van der Waals surface area contributed by atoms with Gasteiger partial charge in [-0.3, -0.25) is 10.1 Å². The molecule has 0 bridgehead atoms. The van der Waals surface area contributed by atoms with Gasteiger partial charge in [0.15, 0.2) is 0 Å². The second-order valence-corrected chi connectivity index (χ2v) is 4.44. The maximum Gasteiger partial charge on any atom is 0.318 e. The molecule has 5 nitrogen and oxygen atoms in total. The number of nitro benzene ring substituents is 1. The van der Waals surface area contributed by atoms with Gasteiger partial charge in [-0.2, -0.15) is 0 Å². The molecule has 2 aromatic rings. The van der Waals surface area contributed by atoms with Gasteiger partial charge in [-0.25, -0.2) is 0 Å². The molecule has 0 spiro atoms. The summed E-state index contributed by atoms with van der Waals surface area (Å²) in [5.41, 5.74) is 0.261. The summed E-state index contributed by atoms with van der Waals surface area (Å²) >= 11 is 0. The molecular weight excluding hydrogens is 234 g/mol. The minimum atomic E-state index is -0.540. The fourth-order valence-electron chi connectivity index (χ4n) is 2.48. The minimum Gasteiger partial charge on any atom is -0.502 e. The van der Waals surface area contributed by atoms with E-state index in [9.17, 15) is 15.2 Å². The van der Waals surface area contributed by atoms with E-state index in [1.165, 1.54) is 0 Å². The average Bonchev–Trinajstić information content (AvgIpc) is 2.70. The lowest BCUT2D eigenvalue weighted by Gasteiger charge is -2.08. The molecule has 2 aromatic carbocycles. The molecule has 1 heterocycles. The molecule has 0 saturated heterocycles. The van der Waals surface area contributed by atoms with Gasteiger partial charge in [0, 0.05) is 17.2 Å². The monoisotopic (exact) mass is 245 g/mol. The van der Waals surface area contributed by atoms with Gasteiger partial charge in [-0.05, 0) is 6.92 Å². The minimum absolute atomic E-state index is 0.107. The van der Waals surface area contributed by atoms with Crippen LogP contribution in [-0.4, -0.2) is 16.1 Å². The quantitative estimate of drug-likeness (QED) is 0.619. The molecule has 0 aliphatic carbocycles. The van der Waals surface area contributed by atoms with Crippen LogP contribution < -0.4 is 4.74 Å². The summed E-state index contributed by atoms with van der Waals surface area (Å²) in [4.78, 5) is 10.6. The third-order valence-corrected chi connectivity index (χ3v) is 3.20. The Balaban J connectivity index is 2.46. The number of rotatable bonds is 1. The molecule has 0 aromatic heterocycles. The van der Waals surface area contributed by atoms with Crippen molar-refractivity contribution in [2.45, 2.75) is 19.4 Å². The second-order valence-electron chi connectivity index (χ2n) is 4.44. The topological polar surface area (TPSA) is 72.6 Å². The van der Waals surface area contributed by atoms with Gasteiger partial charge < -0.3 is 9.84 Å². The molecule has 1 atom stereocenters. The molecule has 1 unspecified atom stereocenters. The lowest BCUT2D eigenvalue weighted by Crippen LogP contribution is -2.05. The maximum absolute atomic E-state index is 11.1. The van der Waals surface area contributed by atoms with E-state index in [-0.39, 0.29) is 17.5 Å². The first-order valence-electron chi connectivity index (χ1n) is 5.67.